The topological polar surface area (TPSA) is 87.7 Å². The Morgan fingerprint density at radius 3 is 2.43 bits per heavy atom. The Bertz CT molecular complexity index is 753. The Hall–Kier alpha value is -2.83. The first kappa shape index (κ1) is 25.2. The van der Waals surface area contributed by atoms with Crippen LogP contribution in [0.4, 0.5) is 4.79 Å². The molecule has 30 heavy (non-hydrogen) atoms. The minimum Gasteiger partial charge on any atom is -0.444 e. The summed E-state index contributed by atoms with van der Waals surface area (Å²) in [7, 11) is 0. The smallest absolute Gasteiger partial charge is 0.408 e. The molecule has 0 aliphatic carbocycles. The summed E-state index contributed by atoms with van der Waals surface area (Å²) in [5, 5.41) is 5.38. The number of rotatable bonds is 9. The maximum atomic E-state index is 13.1. The van der Waals surface area contributed by atoms with Crippen molar-refractivity contribution in [3.8, 4) is 0 Å². The van der Waals surface area contributed by atoms with Crippen molar-refractivity contribution in [2.24, 2.45) is 0 Å². The van der Waals surface area contributed by atoms with Gasteiger partial charge in [0.1, 0.15) is 18.2 Å². The van der Waals surface area contributed by atoms with E-state index < -0.39 is 17.7 Å². The quantitative estimate of drug-likeness (QED) is 0.642. The van der Waals surface area contributed by atoms with Gasteiger partial charge >= 0.3 is 6.09 Å². The summed E-state index contributed by atoms with van der Waals surface area (Å²) < 4.78 is 5.19. The lowest BCUT2D eigenvalue weighted by Gasteiger charge is -2.32. The summed E-state index contributed by atoms with van der Waals surface area (Å²) in [4.78, 5) is 39.5. The summed E-state index contributed by atoms with van der Waals surface area (Å²) in [6.07, 6.45) is 1.67. The molecular formula is C23H35N3O4. The average molecular weight is 418 g/mol. The van der Waals surface area contributed by atoms with Crippen LogP contribution in [0.1, 0.15) is 65.1 Å². The van der Waals surface area contributed by atoms with E-state index in [4.69, 9.17) is 4.74 Å². The molecule has 0 fully saturated rings. The van der Waals surface area contributed by atoms with Crippen LogP contribution in [0.25, 0.3) is 6.08 Å². The van der Waals surface area contributed by atoms with Crippen LogP contribution < -0.4 is 10.6 Å². The van der Waals surface area contributed by atoms with Crippen molar-refractivity contribution in [3.63, 3.8) is 0 Å². The molecular weight excluding hydrogens is 382 g/mol. The van der Waals surface area contributed by atoms with Crippen molar-refractivity contribution in [1.29, 1.82) is 0 Å². The van der Waals surface area contributed by atoms with E-state index in [1.54, 1.807) is 26.8 Å². The van der Waals surface area contributed by atoms with E-state index in [1.165, 1.54) is 4.90 Å². The second-order valence-corrected chi connectivity index (χ2v) is 8.38. The predicted molar refractivity (Wildman–Crippen MR) is 119 cm³/mol. The number of carbonyl (C=O) groups is 3. The van der Waals surface area contributed by atoms with E-state index in [0.29, 0.717) is 18.5 Å². The number of ether oxygens (including phenoxy) is 1. The highest BCUT2D eigenvalue weighted by atomic mass is 16.6. The first-order valence-corrected chi connectivity index (χ1v) is 10.3. The number of benzene rings is 1. The van der Waals surface area contributed by atoms with Gasteiger partial charge in [0.15, 0.2) is 0 Å². The van der Waals surface area contributed by atoms with Crippen molar-refractivity contribution >= 4 is 24.0 Å². The molecule has 1 rings (SSSR count). The zero-order valence-electron chi connectivity index (χ0n) is 19.0. The van der Waals surface area contributed by atoms with Crippen molar-refractivity contribution in [2.45, 2.75) is 65.6 Å². The monoisotopic (exact) mass is 417 g/mol. The molecule has 1 unspecified atom stereocenters. The van der Waals surface area contributed by atoms with Gasteiger partial charge < -0.3 is 20.3 Å². The third kappa shape index (κ3) is 8.27. The molecule has 1 aromatic rings. The van der Waals surface area contributed by atoms with E-state index >= 15 is 0 Å². The summed E-state index contributed by atoms with van der Waals surface area (Å²) >= 11 is 0. The zero-order chi connectivity index (χ0) is 22.9. The Morgan fingerprint density at radius 1 is 1.23 bits per heavy atom. The van der Waals surface area contributed by atoms with E-state index in [2.05, 4.69) is 17.2 Å². The highest BCUT2D eigenvalue weighted by molar-refractivity contribution is 5.90. The van der Waals surface area contributed by atoms with E-state index in [0.717, 1.165) is 5.56 Å². The number of amides is 3. The number of hydrogen-bond acceptors (Lipinski definition) is 4. The van der Waals surface area contributed by atoms with Gasteiger partial charge in [0.25, 0.3) is 0 Å². The number of nitrogens with zero attached hydrogens (tertiary/aromatic N) is 1. The van der Waals surface area contributed by atoms with Gasteiger partial charge in [-0.15, -0.1) is 0 Å². The molecule has 0 bridgehead atoms. The maximum absolute atomic E-state index is 13.1. The molecule has 0 heterocycles. The fourth-order valence-corrected chi connectivity index (χ4v) is 2.89. The lowest BCUT2D eigenvalue weighted by Crippen LogP contribution is -2.49. The van der Waals surface area contributed by atoms with Crippen LogP contribution in [-0.2, 0) is 14.3 Å². The van der Waals surface area contributed by atoms with E-state index in [1.807, 2.05) is 45.0 Å². The molecule has 7 nitrogen and oxygen atoms in total. The van der Waals surface area contributed by atoms with Crippen LogP contribution in [0.3, 0.4) is 0 Å². The van der Waals surface area contributed by atoms with E-state index in [-0.39, 0.29) is 24.4 Å². The molecule has 0 saturated heterocycles. The van der Waals surface area contributed by atoms with Gasteiger partial charge in [-0.3, -0.25) is 9.59 Å². The molecule has 1 aromatic carbocycles. The normalized spacial score (nSPS) is 12.1. The molecule has 0 aliphatic rings. The number of carbonyl (C=O) groups excluding carboxylic acids is 3. The van der Waals surface area contributed by atoms with Gasteiger partial charge in [-0.25, -0.2) is 4.79 Å². The van der Waals surface area contributed by atoms with E-state index in [9.17, 15) is 14.4 Å². The molecule has 0 spiro atoms. The summed E-state index contributed by atoms with van der Waals surface area (Å²) in [5.41, 5.74) is 0.872. The van der Waals surface area contributed by atoms with Gasteiger partial charge in [0.2, 0.25) is 11.8 Å². The average Bonchev–Trinajstić information content (AvgIpc) is 2.64. The zero-order valence-corrected chi connectivity index (χ0v) is 19.0. The summed E-state index contributed by atoms with van der Waals surface area (Å²) in [6, 6.07) is 6.46. The van der Waals surface area contributed by atoms with Gasteiger partial charge in [-0.2, -0.15) is 0 Å². The second-order valence-electron chi connectivity index (χ2n) is 8.38. The Balaban J connectivity index is 3.16. The van der Waals surface area contributed by atoms with Crippen LogP contribution in [0, 0.1) is 0 Å². The minimum atomic E-state index is -0.819. The summed E-state index contributed by atoms with van der Waals surface area (Å²) in [5.74, 6) is -0.638. The van der Waals surface area contributed by atoms with Gasteiger partial charge in [-0.1, -0.05) is 37.8 Å². The Morgan fingerprint density at radius 2 is 1.90 bits per heavy atom. The first-order valence-electron chi connectivity index (χ1n) is 10.3. The largest absolute Gasteiger partial charge is 0.444 e. The minimum absolute atomic E-state index is 0.0824. The van der Waals surface area contributed by atoms with Gasteiger partial charge in [0, 0.05) is 12.6 Å². The number of hydrogen-bond donors (Lipinski definition) is 2. The number of alkyl carbamates (subject to hydrolysis) is 1. The van der Waals surface area contributed by atoms with Crippen LogP contribution in [0.5, 0.6) is 0 Å². The van der Waals surface area contributed by atoms with Gasteiger partial charge in [0.05, 0.1) is 0 Å². The van der Waals surface area contributed by atoms with Crippen molar-refractivity contribution in [1.82, 2.24) is 15.5 Å². The molecule has 2 N–H and O–H groups in total. The third-order valence-corrected chi connectivity index (χ3v) is 4.02. The maximum Gasteiger partial charge on any atom is 0.408 e. The SMILES string of the molecule is C=Cc1cccc(C(C(=O)NC(C)C)N(CCC)C(=O)CNC(=O)OC(C)(C)C)c1. The van der Waals surface area contributed by atoms with Crippen molar-refractivity contribution in [3.05, 3.63) is 42.0 Å². The van der Waals surface area contributed by atoms with Crippen LogP contribution in [0.2, 0.25) is 0 Å². The van der Waals surface area contributed by atoms with Crippen LogP contribution >= 0.6 is 0 Å². The second kappa shape index (κ2) is 11.4. The summed E-state index contributed by atoms with van der Waals surface area (Å²) in [6.45, 7) is 14.8. The highest BCUT2D eigenvalue weighted by Gasteiger charge is 2.31. The highest BCUT2D eigenvalue weighted by Crippen LogP contribution is 2.23. The third-order valence-electron chi connectivity index (χ3n) is 4.02. The standard InChI is InChI=1S/C23H35N3O4/c1-8-13-26(19(27)15-24-22(29)30-23(5,6)7)20(21(28)25-16(3)4)18-12-10-11-17(9-2)14-18/h9-12,14,16,20H,2,8,13,15H2,1,3-7H3,(H,24,29)(H,25,28). The molecule has 166 valence electrons. The fraction of sp³-hybridized carbons (Fsp3) is 0.522. The predicted octanol–water partition coefficient (Wildman–Crippen LogP) is 3.66. The van der Waals surface area contributed by atoms with Crippen LogP contribution in [-0.4, -0.2) is 47.5 Å². The fourth-order valence-electron chi connectivity index (χ4n) is 2.89. The first-order chi connectivity index (χ1) is 14.0. The lowest BCUT2D eigenvalue weighted by atomic mass is 10.0. The lowest BCUT2D eigenvalue weighted by molar-refractivity contribution is -0.140. The molecule has 0 aromatic heterocycles. The van der Waals surface area contributed by atoms with Crippen molar-refractivity contribution in [2.75, 3.05) is 13.1 Å². The Kier molecular flexibility index (Phi) is 9.56. The molecule has 0 aliphatic heterocycles. The molecule has 1 atom stereocenters. The van der Waals surface area contributed by atoms with Crippen molar-refractivity contribution < 1.29 is 19.1 Å². The molecule has 7 heteroatoms. The molecule has 3 amide bonds. The molecule has 0 radical (unpaired) electrons. The molecule has 0 saturated carbocycles. The Labute approximate surface area is 179 Å². The van der Waals surface area contributed by atoms with Gasteiger partial charge in [-0.05, 0) is 58.2 Å². The number of nitrogens with one attached hydrogen (secondary N) is 2. The van der Waals surface area contributed by atoms with Crippen LogP contribution in [0.15, 0.2) is 30.8 Å².